The highest BCUT2D eigenvalue weighted by atomic mass is 32.1. The second kappa shape index (κ2) is 7.86. The first kappa shape index (κ1) is 18.9. The molecule has 0 unspecified atom stereocenters. The normalized spacial score (nSPS) is 17.6. The average molecular weight is 395 g/mol. The van der Waals surface area contributed by atoms with E-state index >= 15 is 0 Å². The zero-order valence-corrected chi connectivity index (χ0v) is 17.0. The van der Waals surface area contributed by atoms with Gasteiger partial charge in [-0.1, -0.05) is 12.1 Å². The summed E-state index contributed by atoms with van der Waals surface area (Å²) < 4.78 is 16.0. The maximum atomic E-state index is 14.4. The fourth-order valence-electron chi connectivity index (χ4n) is 3.92. The van der Waals surface area contributed by atoms with Crippen LogP contribution in [0.2, 0.25) is 0 Å². The van der Waals surface area contributed by atoms with Gasteiger partial charge in [0.05, 0.1) is 17.7 Å². The van der Waals surface area contributed by atoms with E-state index in [4.69, 9.17) is 5.10 Å². The van der Waals surface area contributed by atoms with Gasteiger partial charge in [-0.3, -0.25) is 4.90 Å². The van der Waals surface area contributed by atoms with Crippen LogP contribution >= 0.6 is 11.3 Å². The van der Waals surface area contributed by atoms with Crippen molar-refractivity contribution in [2.75, 3.05) is 13.1 Å². The Morgan fingerprint density at radius 3 is 2.86 bits per heavy atom. The van der Waals surface area contributed by atoms with E-state index in [0.717, 1.165) is 49.3 Å². The van der Waals surface area contributed by atoms with E-state index in [1.54, 1.807) is 28.2 Å². The number of nitriles is 1. The predicted octanol–water partition coefficient (Wildman–Crippen LogP) is 5.09. The number of benzene rings is 1. The minimum Gasteiger partial charge on any atom is -0.298 e. The van der Waals surface area contributed by atoms with Crippen LogP contribution in [0.1, 0.15) is 28.2 Å². The highest BCUT2D eigenvalue weighted by Crippen LogP contribution is 2.33. The van der Waals surface area contributed by atoms with Crippen molar-refractivity contribution in [3.63, 3.8) is 0 Å². The van der Waals surface area contributed by atoms with Crippen LogP contribution in [0, 0.1) is 36.9 Å². The Morgan fingerprint density at radius 1 is 1.32 bits per heavy atom. The summed E-state index contributed by atoms with van der Waals surface area (Å²) in [7, 11) is 0. The molecule has 0 aliphatic carbocycles. The molecule has 1 atom stereocenters. The Kier molecular flexibility index (Phi) is 5.29. The fraction of sp³-hybridized carbons (Fsp3) is 0.364. The molecule has 28 heavy (non-hydrogen) atoms. The molecule has 3 heterocycles. The van der Waals surface area contributed by atoms with Crippen molar-refractivity contribution in [3.05, 3.63) is 57.7 Å². The number of hydrogen-bond acceptors (Lipinski definition) is 4. The molecule has 1 fully saturated rings. The van der Waals surface area contributed by atoms with E-state index in [-0.39, 0.29) is 11.7 Å². The van der Waals surface area contributed by atoms with Crippen molar-refractivity contribution in [2.45, 2.75) is 33.2 Å². The number of rotatable bonds is 4. The molecule has 0 spiro atoms. The van der Waals surface area contributed by atoms with Crippen LogP contribution in [-0.2, 0) is 6.54 Å². The third kappa shape index (κ3) is 3.73. The Morgan fingerprint density at radius 2 is 2.14 bits per heavy atom. The summed E-state index contributed by atoms with van der Waals surface area (Å²) in [6, 6.07) is 11.3. The Bertz CT molecular complexity index is 1030. The van der Waals surface area contributed by atoms with Crippen LogP contribution in [0.5, 0.6) is 0 Å². The fourth-order valence-corrected chi connectivity index (χ4v) is 4.85. The van der Waals surface area contributed by atoms with Gasteiger partial charge in [0, 0.05) is 40.2 Å². The molecule has 1 aromatic carbocycles. The summed E-state index contributed by atoms with van der Waals surface area (Å²) in [5.74, 6) is -0.201. The number of likely N-dealkylation sites (tertiary alicyclic amines) is 1. The predicted molar refractivity (Wildman–Crippen MR) is 110 cm³/mol. The second-order valence-electron chi connectivity index (χ2n) is 7.43. The van der Waals surface area contributed by atoms with Gasteiger partial charge in [-0.2, -0.15) is 10.4 Å². The van der Waals surface area contributed by atoms with Gasteiger partial charge in [-0.15, -0.1) is 11.3 Å². The number of thiophene rings is 1. The lowest BCUT2D eigenvalue weighted by atomic mass is 9.99. The molecule has 144 valence electrons. The molecule has 0 amide bonds. The molecule has 1 aliphatic heterocycles. The zero-order chi connectivity index (χ0) is 19.7. The first-order valence-corrected chi connectivity index (χ1v) is 10.4. The molecule has 0 radical (unpaired) electrons. The largest absolute Gasteiger partial charge is 0.298 e. The molecule has 1 saturated heterocycles. The molecule has 6 heteroatoms. The van der Waals surface area contributed by atoms with Crippen molar-refractivity contribution in [1.29, 1.82) is 5.26 Å². The minimum atomic E-state index is -0.288. The van der Waals surface area contributed by atoms with E-state index in [1.165, 1.54) is 15.8 Å². The summed E-state index contributed by atoms with van der Waals surface area (Å²) in [6.45, 7) is 6.67. The lowest BCUT2D eigenvalue weighted by Crippen LogP contribution is -2.34. The van der Waals surface area contributed by atoms with Crippen LogP contribution in [0.25, 0.3) is 16.9 Å². The molecule has 0 bridgehead atoms. The van der Waals surface area contributed by atoms with E-state index in [0.29, 0.717) is 5.69 Å². The summed E-state index contributed by atoms with van der Waals surface area (Å²) in [4.78, 5) is 4.77. The van der Waals surface area contributed by atoms with Gasteiger partial charge in [0.25, 0.3) is 0 Å². The average Bonchev–Trinajstić information content (AvgIpc) is 3.24. The molecule has 1 aliphatic rings. The van der Waals surface area contributed by atoms with Gasteiger partial charge >= 0.3 is 0 Å². The van der Waals surface area contributed by atoms with E-state index in [1.807, 2.05) is 12.3 Å². The third-order valence-corrected chi connectivity index (χ3v) is 6.23. The van der Waals surface area contributed by atoms with Gasteiger partial charge in [0.15, 0.2) is 0 Å². The number of aromatic nitrogens is 2. The molecular formula is C22H23FN4S. The number of nitrogens with zero attached hydrogens (tertiary/aromatic N) is 4. The summed E-state index contributed by atoms with van der Waals surface area (Å²) in [5.41, 5.74) is 3.54. The van der Waals surface area contributed by atoms with Crippen molar-refractivity contribution in [3.8, 4) is 23.0 Å². The maximum Gasteiger partial charge on any atom is 0.148 e. The lowest BCUT2D eigenvalue weighted by Gasteiger charge is -2.29. The van der Waals surface area contributed by atoms with Gasteiger partial charge in [0.2, 0.25) is 0 Å². The van der Waals surface area contributed by atoms with Crippen molar-refractivity contribution in [2.24, 2.45) is 5.92 Å². The summed E-state index contributed by atoms with van der Waals surface area (Å²) in [6.07, 6.45) is 3.94. The smallest absolute Gasteiger partial charge is 0.148 e. The number of para-hydroxylation sites is 1. The van der Waals surface area contributed by atoms with Crippen molar-refractivity contribution >= 4 is 11.3 Å². The first-order chi connectivity index (χ1) is 13.5. The molecule has 3 aromatic rings. The molecular weight excluding hydrogens is 371 g/mol. The monoisotopic (exact) mass is 394 g/mol. The quantitative estimate of drug-likeness (QED) is 0.619. The van der Waals surface area contributed by atoms with E-state index in [2.05, 4.69) is 30.9 Å². The number of piperidine rings is 1. The van der Waals surface area contributed by atoms with Crippen LogP contribution in [0.15, 0.2) is 36.5 Å². The Labute approximate surface area is 168 Å². The molecule has 2 aromatic heterocycles. The van der Waals surface area contributed by atoms with Gasteiger partial charge in [-0.25, -0.2) is 9.07 Å². The minimum absolute atomic E-state index is 0.0870. The summed E-state index contributed by atoms with van der Waals surface area (Å²) in [5, 5.41) is 14.1. The maximum absolute atomic E-state index is 14.4. The van der Waals surface area contributed by atoms with E-state index in [9.17, 15) is 9.65 Å². The molecule has 4 rings (SSSR count). The second-order valence-corrected chi connectivity index (χ2v) is 8.89. The first-order valence-electron chi connectivity index (χ1n) is 9.58. The highest BCUT2D eigenvalue weighted by molar-refractivity contribution is 7.12. The molecule has 4 nitrogen and oxygen atoms in total. The van der Waals surface area contributed by atoms with Gasteiger partial charge in [-0.05, 0) is 51.4 Å². The third-order valence-electron chi connectivity index (χ3n) is 5.27. The topological polar surface area (TPSA) is 44.9 Å². The molecule has 0 N–H and O–H groups in total. The summed E-state index contributed by atoms with van der Waals surface area (Å²) >= 11 is 1.75. The van der Waals surface area contributed by atoms with Gasteiger partial charge in [0.1, 0.15) is 11.5 Å². The van der Waals surface area contributed by atoms with Crippen molar-refractivity contribution < 1.29 is 4.39 Å². The number of aryl methyl sites for hydroxylation is 2. The standard InChI is InChI=1S/C22H23FN4S/c1-15-10-19(16(2)28-15)22-18(13-26-9-5-6-17(11-24)12-26)14-27(25-22)21-8-4-3-7-20(21)23/h3-4,7-8,10,14,17H,5-6,9,12-13H2,1-2H3/t17-/m0/s1. The van der Waals surface area contributed by atoms with Crippen LogP contribution in [-0.4, -0.2) is 27.8 Å². The van der Waals surface area contributed by atoms with E-state index < -0.39 is 0 Å². The van der Waals surface area contributed by atoms with Crippen LogP contribution in [0.4, 0.5) is 4.39 Å². The van der Waals surface area contributed by atoms with Gasteiger partial charge < -0.3 is 0 Å². The van der Waals surface area contributed by atoms with Crippen LogP contribution in [0.3, 0.4) is 0 Å². The Balaban J connectivity index is 1.74. The highest BCUT2D eigenvalue weighted by Gasteiger charge is 2.23. The Hall–Kier alpha value is -2.49. The SMILES string of the molecule is Cc1cc(-c2nn(-c3ccccc3F)cc2CN2CCC[C@@H](C#N)C2)c(C)s1. The van der Waals surface area contributed by atoms with Crippen molar-refractivity contribution in [1.82, 2.24) is 14.7 Å². The lowest BCUT2D eigenvalue weighted by molar-refractivity contribution is 0.192. The van der Waals surface area contributed by atoms with Crippen LogP contribution < -0.4 is 0 Å². The number of halogens is 1. The zero-order valence-electron chi connectivity index (χ0n) is 16.2. The molecule has 0 saturated carbocycles. The number of hydrogen-bond donors (Lipinski definition) is 0.